The van der Waals surface area contributed by atoms with Crippen LogP contribution in [0, 0.1) is 0 Å². The fraction of sp³-hybridized carbons (Fsp3) is 0.167. The highest BCUT2D eigenvalue weighted by Crippen LogP contribution is 2.40. The molecule has 3 N–H and O–H groups in total. The average molecular weight is 369 g/mol. The molecule has 5 aromatic rings. The summed E-state index contributed by atoms with van der Waals surface area (Å²) in [5.41, 5.74) is 4.81. The first-order valence-corrected chi connectivity index (χ1v) is 9.72. The Bertz CT molecular complexity index is 1280. The summed E-state index contributed by atoms with van der Waals surface area (Å²) in [6.07, 6.45) is 5.19. The van der Waals surface area contributed by atoms with Crippen molar-refractivity contribution >= 4 is 32.6 Å². The van der Waals surface area contributed by atoms with Gasteiger partial charge >= 0.3 is 0 Å². The first-order chi connectivity index (χ1) is 13.8. The van der Waals surface area contributed by atoms with Crippen LogP contribution in [0.4, 0.5) is 0 Å². The minimum Gasteiger partial charge on any atom is -0.508 e. The number of nitrogens with one attached hydrogen (secondary N) is 2. The van der Waals surface area contributed by atoms with Crippen molar-refractivity contribution in [2.75, 3.05) is 13.6 Å². The fourth-order valence-corrected chi connectivity index (χ4v) is 4.31. The zero-order chi connectivity index (χ0) is 19.1. The van der Waals surface area contributed by atoms with Crippen LogP contribution >= 0.6 is 0 Å². The number of phenolic OH excluding ortho intramolecular Hbond substituents is 1. The summed E-state index contributed by atoms with van der Waals surface area (Å²) in [5, 5.41) is 18.1. The average Bonchev–Trinajstić information content (AvgIpc) is 3.31. The van der Waals surface area contributed by atoms with E-state index >= 15 is 0 Å². The first-order valence-electron chi connectivity index (χ1n) is 9.72. The van der Waals surface area contributed by atoms with Gasteiger partial charge < -0.3 is 20.0 Å². The van der Waals surface area contributed by atoms with Gasteiger partial charge in [0.05, 0.1) is 5.52 Å². The highest BCUT2D eigenvalue weighted by Gasteiger charge is 2.17. The number of hydrogen-bond donors (Lipinski definition) is 3. The van der Waals surface area contributed by atoms with Crippen molar-refractivity contribution in [1.82, 2.24) is 14.9 Å². The van der Waals surface area contributed by atoms with Crippen molar-refractivity contribution in [3.8, 4) is 16.9 Å². The predicted octanol–water partition coefficient (Wildman–Crippen LogP) is 5.26. The minimum absolute atomic E-state index is 0.303. The molecule has 28 heavy (non-hydrogen) atoms. The number of hydrogen-bond acceptors (Lipinski definition) is 2. The highest BCUT2D eigenvalue weighted by molar-refractivity contribution is 6.23. The molecular weight excluding hydrogens is 346 g/mol. The minimum atomic E-state index is 0.303. The van der Waals surface area contributed by atoms with E-state index in [1.54, 1.807) is 6.07 Å². The second-order valence-corrected chi connectivity index (χ2v) is 7.28. The Hall–Kier alpha value is -3.24. The summed E-state index contributed by atoms with van der Waals surface area (Å²) in [4.78, 5) is 3.30. The molecule has 0 fully saturated rings. The highest BCUT2D eigenvalue weighted by atomic mass is 16.3. The molecule has 0 unspecified atom stereocenters. The third-order valence-electron chi connectivity index (χ3n) is 5.57. The Labute approximate surface area is 163 Å². The normalized spacial score (nSPS) is 11.8. The number of phenols is 1. The summed E-state index contributed by atoms with van der Waals surface area (Å²) in [5.74, 6) is 0.303. The molecule has 0 saturated heterocycles. The molecule has 140 valence electrons. The van der Waals surface area contributed by atoms with Crippen LogP contribution in [0.3, 0.4) is 0 Å². The van der Waals surface area contributed by atoms with Gasteiger partial charge in [0.2, 0.25) is 0 Å². The van der Waals surface area contributed by atoms with Gasteiger partial charge in [-0.25, -0.2) is 0 Å². The van der Waals surface area contributed by atoms with Crippen LogP contribution in [0.1, 0.15) is 6.42 Å². The van der Waals surface area contributed by atoms with Crippen LogP contribution in [0.2, 0.25) is 0 Å². The molecule has 5 rings (SSSR count). The Kier molecular flexibility index (Phi) is 4.06. The number of fused-ring (bicyclic) bond motifs is 5. The van der Waals surface area contributed by atoms with E-state index in [-0.39, 0.29) is 0 Å². The monoisotopic (exact) mass is 369 g/mol. The number of aromatic hydroxyl groups is 1. The molecule has 4 heteroatoms. The van der Waals surface area contributed by atoms with Crippen molar-refractivity contribution in [2.45, 2.75) is 13.0 Å². The van der Waals surface area contributed by atoms with Gasteiger partial charge in [-0.1, -0.05) is 30.3 Å². The topological polar surface area (TPSA) is 53.0 Å². The molecular formula is C24H23N3O. The van der Waals surface area contributed by atoms with E-state index in [4.69, 9.17) is 0 Å². The molecule has 4 nitrogen and oxygen atoms in total. The number of nitrogens with zero attached hydrogens (tertiary/aromatic N) is 1. The lowest BCUT2D eigenvalue weighted by Crippen LogP contribution is -2.10. The molecule has 0 bridgehead atoms. The van der Waals surface area contributed by atoms with E-state index in [1.165, 1.54) is 32.8 Å². The van der Waals surface area contributed by atoms with Gasteiger partial charge in [-0.3, -0.25) is 0 Å². The van der Waals surface area contributed by atoms with E-state index in [0.29, 0.717) is 5.75 Å². The molecule has 0 atom stereocenters. The predicted molar refractivity (Wildman–Crippen MR) is 117 cm³/mol. The van der Waals surface area contributed by atoms with Crippen LogP contribution in [-0.2, 0) is 6.54 Å². The van der Waals surface area contributed by atoms with E-state index in [2.05, 4.69) is 57.6 Å². The van der Waals surface area contributed by atoms with Crippen molar-refractivity contribution < 1.29 is 5.11 Å². The second-order valence-electron chi connectivity index (χ2n) is 7.28. The molecule has 2 aromatic heterocycles. The summed E-state index contributed by atoms with van der Waals surface area (Å²) in [7, 11) is 1.99. The molecule has 0 aliphatic carbocycles. The lowest BCUT2D eigenvalue weighted by Gasteiger charge is -2.10. The Morgan fingerprint density at radius 1 is 0.929 bits per heavy atom. The second kappa shape index (κ2) is 6.73. The number of rotatable bonds is 5. The van der Waals surface area contributed by atoms with Crippen molar-refractivity contribution in [3.05, 3.63) is 67.0 Å². The van der Waals surface area contributed by atoms with Crippen molar-refractivity contribution in [1.29, 1.82) is 0 Å². The summed E-state index contributed by atoms with van der Waals surface area (Å²) < 4.78 is 2.39. The fourth-order valence-electron chi connectivity index (χ4n) is 4.31. The van der Waals surface area contributed by atoms with E-state index < -0.39 is 0 Å². The van der Waals surface area contributed by atoms with Crippen LogP contribution in [-0.4, -0.2) is 28.3 Å². The van der Waals surface area contributed by atoms with Crippen LogP contribution < -0.4 is 5.32 Å². The zero-order valence-electron chi connectivity index (χ0n) is 15.9. The summed E-state index contributed by atoms with van der Waals surface area (Å²) in [6.45, 7) is 1.90. The van der Waals surface area contributed by atoms with Gasteiger partial charge in [-0.2, -0.15) is 0 Å². The van der Waals surface area contributed by atoms with Crippen LogP contribution in [0.15, 0.2) is 67.0 Å². The maximum Gasteiger partial charge on any atom is 0.116 e. The molecule has 0 spiro atoms. The maximum absolute atomic E-state index is 10.1. The zero-order valence-corrected chi connectivity index (χ0v) is 15.9. The van der Waals surface area contributed by atoms with Gasteiger partial charge in [0.25, 0.3) is 0 Å². The van der Waals surface area contributed by atoms with Gasteiger partial charge in [-0.05, 0) is 55.4 Å². The SMILES string of the molecule is CNCCCn1c2ccc(O)cc2c2c3c[nH]cc3c(-c3ccccc3)cc21. The Balaban J connectivity index is 1.88. The van der Waals surface area contributed by atoms with Crippen LogP contribution in [0.25, 0.3) is 43.7 Å². The first kappa shape index (κ1) is 16.9. The number of aromatic nitrogens is 2. The molecule has 3 aromatic carbocycles. The summed E-state index contributed by atoms with van der Waals surface area (Å²) in [6, 6.07) is 18.5. The third kappa shape index (κ3) is 2.57. The van der Waals surface area contributed by atoms with Crippen LogP contribution in [0.5, 0.6) is 5.75 Å². The Morgan fingerprint density at radius 3 is 2.57 bits per heavy atom. The van der Waals surface area contributed by atoms with E-state index in [0.717, 1.165) is 30.4 Å². The number of aryl methyl sites for hydroxylation is 1. The lowest BCUT2D eigenvalue weighted by molar-refractivity contribution is 0.476. The van der Waals surface area contributed by atoms with E-state index in [9.17, 15) is 5.11 Å². The van der Waals surface area contributed by atoms with E-state index in [1.807, 2.05) is 25.2 Å². The third-order valence-corrected chi connectivity index (χ3v) is 5.57. The number of aromatic amines is 1. The molecule has 0 aliphatic heterocycles. The van der Waals surface area contributed by atoms with Gasteiger partial charge in [0.15, 0.2) is 0 Å². The smallest absolute Gasteiger partial charge is 0.116 e. The standard InChI is InChI=1S/C24H23N3O/c1-25-10-5-11-27-22-9-8-17(28)12-19(22)24-21-15-26-14-20(21)18(13-23(24)27)16-6-3-2-4-7-16/h2-4,6-9,12-15,25-26,28H,5,10-11H2,1H3. The Morgan fingerprint density at radius 2 is 1.75 bits per heavy atom. The molecule has 0 aliphatic rings. The lowest BCUT2D eigenvalue weighted by atomic mass is 9.97. The molecule has 0 saturated carbocycles. The van der Waals surface area contributed by atoms with Gasteiger partial charge in [0.1, 0.15) is 5.75 Å². The van der Waals surface area contributed by atoms with Gasteiger partial charge in [0, 0.05) is 46.0 Å². The molecule has 0 radical (unpaired) electrons. The maximum atomic E-state index is 10.1. The quantitative estimate of drug-likeness (QED) is 0.370. The largest absolute Gasteiger partial charge is 0.508 e. The van der Waals surface area contributed by atoms with Gasteiger partial charge in [-0.15, -0.1) is 0 Å². The van der Waals surface area contributed by atoms with Crippen molar-refractivity contribution in [2.24, 2.45) is 0 Å². The van der Waals surface area contributed by atoms with Crippen molar-refractivity contribution in [3.63, 3.8) is 0 Å². The summed E-state index contributed by atoms with van der Waals surface area (Å²) >= 11 is 0. The number of benzene rings is 3. The number of H-pyrrole nitrogens is 1. The molecule has 0 amide bonds. The molecule has 2 heterocycles.